The molecule has 0 spiro atoms. The van der Waals surface area contributed by atoms with E-state index in [1.54, 1.807) is 6.92 Å². The molecule has 5 nitrogen and oxygen atoms in total. The van der Waals surface area contributed by atoms with Gasteiger partial charge in [-0.3, -0.25) is 14.5 Å². The van der Waals surface area contributed by atoms with Gasteiger partial charge in [-0.05, 0) is 51.0 Å². The fourth-order valence-electron chi connectivity index (χ4n) is 3.24. The fraction of sp³-hybridized carbons (Fsp3) is 0.421. The average Bonchev–Trinajstić information content (AvgIpc) is 3.22. The van der Waals surface area contributed by atoms with Gasteiger partial charge in [-0.1, -0.05) is 12.8 Å². The Morgan fingerprint density at radius 1 is 1.23 bits per heavy atom. The number of carbonyl (C=O) groups excluding carboxylic acids is 2. The molecule has 0 atom stereocenters. The van der Waals surface area contributed by atoms with Crippen LogP contribution in [0.1, 0.15) is 46.1 Å². The highest BCUT2D eigenvalue weighted by atomic mass is 32.1. The Kier molecular flexibility index (Phi) is 5.66. The van der Waals surface area contributed by atoms with Crippen molar-refractivity contribution in [1.82, 2.24) is 10.3 Å². The van der Waals surface area contributed by atoms with Gasteiger partial charge in [0.1, 0.15) is 17.2 Å². The van der Waals surface area contributed by atoms with Gasteiger partial charge in [0.25, 0.3) is 5.91 Å². The van der Waals surface area contributed by atoms with Crippen molar-refractivity contribution in [2.24, 2.45) is 0 Å². The van der Waals surface area contributed by atoms with Crippen molar-refractivity contribution in [3.63, 3.8) is 0 Å². The number of rotatable bonds is 5. The van der Waals surface area contributed by atoms with E-state index in [0.717, 1.165) is 30.7 Å². The van der Waals surface area contributed by atoms with Gasteiger partial charge in [0.15, 0.2) is 0 Å². The monoisotopic (exact) mass is 375 g/mol. The maximum atomic E-state index is 13.3. The summed E-state index contributed by atoms with van der Waals surface area (Å²) in [6.07, 6.45) is 4.18. The Morgan fingerprint density at radius 3 is 2.46 bits per heavy atom. The van der Waals surface area contributed by atoms with Crippen molar-refractivity contribution in [3.05, 3.63) is 45.7 Å². The standard InChI is InChI=1S/C19H22FN3O2S/c1-12-18(26-13(2)21-12)19(25)23(16-9-7-14(20)8-10-16)11-17(24)22-15-5-3-4-6-15/h7-10,15H,3-6,11H2,1-2H3,(H,22,24). The second kappa shape index (κ2) is 7.95. The zero-order valence-corrected chi connectivity index (χ0v) is 15.7. The summed E-state index contributed by atoms with van der Waals surface area (Å²) in [6, 6.07) is 5.78. The van der Waals surface area contributed by atoms with Gasteiger partial charge in [0, 0.05) is 11.7 Å². The van der Waals surface area contributed by atoms with Crippen LogP contribution in [0.4, 0.5) is 10.1 Å². The van der Waals surface area contributed by atoms with Gasteiger partial charge >= 0.3 is 0 Å². The van der Waals surface area contributed by atoms with Crippen LogP contribution in [0.25, 0.3) is 0 Å². The summed E-state index contributed by atoms with van der Waals surface area (Å²) in [5, 5.41) is 3.79. The molecule has 1 aromatic heterocycles. The molecule has 1 aromatic carbocycles. The molecule has 0 aliphatic heterocycles. The number of aromatic nitrogens is 1. The lowest BCUT2D eigenvalue weighted by Crippen LogP contribution is -2.43. The van der Waals surface area contributed by atoms with E-state index < -0.39 is 0 Å². The number of carbonyl (C=O) groups is 2. The summed E-state index contributed by atoms with van der Waals surface area (Å²) < 4.78 is 13.3. The maximum absolute atomic E-state index is 13.3. The highest BCUT2D eigenvalue weighted by Crippen LogP contribution is 2.24. The third kappa shape index (κ3) is 4.27. The molecule has 138 valence electrons. The lowest BCUT2D eigenvalue weighted by Gasteiger charge is -2.23. The molecule has 1 aliphatic carbocycles. The molecule has 0 bridgehead atoms. The minimum Gasteiger partial charge on any atom is -0.352 e. The SMILES string of the molecule is Cc1nc(C)c(C(=O)N(CC(=O)NC2CCCC2)c2ccc(F)cc2)s1. The smallest absolute Gasteiger partial charge is 0.270 e. The number of hydrogen-bond donors (Lipinski definition) is 1. The number of benzene rings is 1. The van der Waals surface area contributed by atoms with Crippen molar-refractivity contribution >= 4 is 28.8 Å². The van der Waals surface area contributed by atoms with Gasteiger partial charge in [0.2, 0.25) is 5.91 Å². The van der Waals surface area contributed by atoms with Crippen LogP contribution in [0.5, 0.6) is 0 Å². The molecule has 0 saturated heterocycles. The average molecular weight is 375 g/mol. The molecule has 0 radical (unpaired) electrons. The lowest BCUT2D eigenvalue weighted by molar-refractivity contribution is -0.120. The molecule has 1 saturated carbocycles. The number of anilines is 1. The Hall–Kier alpha value is -2.28. The first kappa shape index (κ1) is 18.5. The summed E-state index contributed by atoms with van der Waals surface area (Å²) >= 11 is 1.30. The number of nitrogens with one attached hydrogen (secondary N) is 1. The van der Waals surface area contributed by atoms with Crippen LogP contribution in [-0.4, -0.2) is 29.4 Å². The predicted molar refractivity (Wildman–Crippen MR) is 100 cm³/mol. The molecule has 1 fully saturated rings. The Morgan fingerprint density at radius 2 is 1.88 bits per heavy atom. The first-order chi connectivity index (χ1) is 12.4. The van der Waals surface area contributed by atoms with E-state index in [1.165, 1.54) is 40.5 Å². The molecule has 7 heteroatoms. The van der Waals surface area contributed by atoms with Gasteiger partial charge in [-0.25, -0.2) is 9.37 Å². The molecule has 2 aromatic rings. The van der Waals surface area contributed by atoms with E-state index in [9.17, 15) is 14.0 Å². The molecule has 2 amide bonds. The predicted octanol–water partition coefficient (Wildman–Crippen LogP) is 3.60. The normalized spacial score (nSPS) is 14.4. The van der Waals surface area contributed by atoms with Crippen molar-refractivity contribution in [2.75, 3.05) is 11.4 Å². The summed E-state index contributed by atoms with van der Waals surface area (Å²) in [5.41, 5.74) is 1.13. The highest BCUT2D eigenvalue weighted by Gasteiger charge is 2.26. The minimum absolute atomic E-state index is 0.0998. The Labute approximate surface area is 156 Å². The van der Waals surface area contributed by atoms with Gasteiger partial charge in [0.05, 0.1) is 10.7 Å². The molecule has 1 heterocycles. The van der Waals surface area contributed by atoms with E-state index in [4.69, 9.17) is 0 Å². The van der Waals surface area contributed by atoms with Crippen molar-refractivity contribution < 1.29 is 14.0 Å². The number of thiazole rings is 1. The van der Waals surface area contributed by atoms with Crippen LogP contribution in [0, 0.1) is 19.7 Å². The lowest BCUT2D eigenvalue weighted by atomic mass is 10.2. The number of nitrogens with zero attached hydrogens (tertiary/aromatic N) is 2. The quantitative estimate of drug-likeness (QED) is 0.868. The number of halogens is 1. The van der Waals surface area contributed by atoms with E-state index in [1.807, 2.05) is 6.92 Å². The fourth-order valence-corrected chi connectivity index (χ4v) is 4.11. The third-order valence-corrected chi connectivity index (χ3v) is 5.56. The number of hydrogen-bond acceptors (Lipinski definition) is 4. The first-order valence-electron chi connectivity index (χ1n) is 8.75. The van der Waals surface area contributed by atoms with Crippen LogP contribution < -0.4 is 10.2 Å². The van der Waals surface area contributed by atoms with E-state index in [-0.39, 0.29) is 30.2 Å². The zero-order chi connectivity index (χ0) is 18.7. The van der Waals surface area contributed by atoms with Gasteiger partial charge in [-0.15, -0.1) is 11.3 Å². The first-order valence-corrected chi connectivity index (χ1v) is 9.56. The second-order valence-corrected chi connectivity index (χ2v) is 7.77. The van der Waals surface area contributed by atoms with Crippen molar-refractivity contribution in [1.29, 1.82) is 0 Å². The molecule has 0 unspecified atom stereocenters. The number of aryl methyl sites for hydroxylation is 2. The molecular formula is C19H22FN3O2S. The van der Waals surface area contributed by atoms with Crippen LogP contribution in [0.3, 0.4) is 0 Å². The topological polar surface area (TPSA) is 62.3 Å². The Balaban J connectivity index is 1.83. The zero-order valence-electron chi connectivity index (χ0n) is 14.9. The maximum Gasteiger partial charge on any atom is 0.270 e. The number of amides is 2. The summed E-state index contributed by atoms with van der Waals surface area (Å²) in [7, 11) is 0. The molecule has 1 N–H and O–H groups in total. The second-order valence-electron chi connectivity index (χ2n) is 6.56. The summed E-state index contributed by atoms with van der Waals surface area (Å²) in [4.78, 5) is 31.7. The summed E-state index contributed by atoms with van der Waals surface area (Å²) in [6.45, 7) is 3.51. The van der Waals surface area contributed by atoms with E-state index >= 15 is 0 Å². The van der Waals surface area contributed by atoms with Crippen LogP contribution in [-0.2, 0) is 4.79 Å². The molecule has 26 heavy (non-hydrogen) atoms. The molecular weight excluding hydrogens is 353 g/mol. The van der Waals surface area contributed by atoms with Gasteiger partial charge in [-0.2, -0.15) is 0 Å². The van der Waals surface area contributed by atoms with Crippen molar-refractivity contribution in [3.8, 4) is 0 Å². The highest BCUT2D eigenvalue weighted by molar-refractivity contribution is 7.13. The third-order valence-electron chi connectivity index (χ3n) is 4.50. The van der Waals surface area contributed by atoms with Crippen molar-refractivity contribution in [2.45, 2.75) is 45.6 Å². The van der Waals surface area contributed by atoms with E-state index in [0.29, 0.717) is 16.3 Å². The van der Waals surface area contributed by atoms with Crippen LogP contribution in [0.2, 0.25) is 0 Å². The largest absolute Gasteiger partial charge is 0.352 e. The van der Waals surface area contributed by atoms with Crippen LogP contribution >= 0.6 is 11.3 Å². The molecule has 3 rings (SSSR count). The summed E-state index contributed by atoms with van der Waals surface area (Å²) in [5.74, 6) is -0.879. The van der Waals surface area contributed by atoms with E-state index in [2.05, 4.69) is 10.3 Å². The minimum atomic E-state index is -0.388. The molecule has 1 aliphatic rings. The van der Waals surface area contributed by atoms with Gasteiger partial charge < -0.3 is 5.32 Å². The van der Waals surface area contributed by atoms with Crippen LogP contribution in [0.15, 0.2) is 24.3 Å². The Bertz CT molecular complexity index is 798.